The molecular weight excluding hydrogens is 1100 g/mol. The fourth-order valence-electron chi connectivity index (χ4n) is 9.46. The number of methoxy groups -OCH3 is 6. The minimum absolute atomic E-state index is 0.0451. The van der Waals surface area contributed by atoms with Crippen molar-refractivity contribution in [3.8, 4) is 34.5 Å². The van der Waals surface area contributed by atoms with Gasteiger partial charge in [-0.25, -0.2) is 9.59 Å². The third kappa shape index (κ3) is 19.6. The molecule has 21 heteroatoms. The quantitative estimate of drug-likeness (QED) is 0.0290. The summed E-state index contributed by atoms with van der Waals surface area (Å²) in [7, 11) is 9.13. The summed E-state index contributed by atoms with van der Waals surface area (Å²) < 4.78 is 84.7. The fourth-order valence-corrected chi connectivity index (χ4v) is 9.46. The molecule has 464 valence electrons. The van der Waals surface area contributed by atoms with Gasteiger partial charge >= 0.3 is 11.9 Å². The van der Waals surface area contributed by atoms with Crippen LogP contribution >= 0.6 is 0 Å². The van der Waals surface area contributed by atoms with E-state index in [1.54, 1.807) is 96.6 Å². The molecule has 10 atom stereocenters. The van der Waals surface area contributed by atoms with Crippen molar-refractivity contribution in [3.63, 3.8) is 0 Å². The fraction of sp³-hybridized carbons (Fsp3) is 0.469. The molecule has 0 amide bonds. The van der Waals surface area contributed by atoms with Gasteiger partial charge in [-0.2, -0.15) is 0 Å². The molecule has 4 N–H and O–H groups in total. The predicted octanol–water partition coefficient (Wildman–Crippen LogP) is 8.86. The van der Waals surface area contributed by atoms with Gasteiger partial charge in [-0.05, 0) is 113 Å². The Morgan fingerprint density at radius 2 is 1.32 bits per heavy atom. The molecule has 21 nitrogen and oxygen atoms in total. The zero-order chi connectivity index (χ0) is 61.8. The van der Waals surface area contributed by atoms with Crippen LogP contribution in [0.3, 0.4) is 0 Å². The van der Waals surface area contributed by atoms with Gasteiger partial charge in [0.15, 0.2) is 25.2 Å². The molecule has 0 saturated carbocycles. The second-order valence-electron chi connectivity index (χ2n) is 21.0. The molecule has 0 aromatic heterocycles. The Balaban J connectivity index is 0.000000272. The van der Waals surface area contributed by atoms with E-state index in [0.717, 1.165) is 22.6 Å². The molecule has 3 aliphatic rings. The van der Waals surface area contributed by atoms with Crippen LogP contribution < -0.4 is 28.4 Å². The lowest BCUT2D eigenvalue weighted by Gasteiger charge is -2.25. The van der Waals surface area contributed by atoms with Crippen LogP contribution in [0.15, 0.2) is 109 Å². The number of aliphatic hydroxyl groups excluding tert-OH is 3. The van der Waals surface area contributed by atoms with Crippen LogP contribution in [0, 0.1) is 0 Å². The van der Waals surface area contributed by atoms with Crippen LogP contribution in [-0.4, -0.2) is 161 Å². The summed E-state index contributed by atoms with van der Waals surface area (Å²) in [5.74, 6) is -0.902. The first-order valence-electron chi connectivity index (χ1n) is 27.7. The maximum absolute atomic E-state index is 13.7. The molecule has 2 unspecified atom stereocenters. The Labute approximate surface area is 497 Å². The molecule has 85 heavy (non-hydrogen) atoms. The van der Waals surface area contributed by atoms with E-state index in [4.69, 9.17) is 71.1 Å². The van der Waals surface area contributed by atoms with Gasteiger partial charge in [0.05, 0.1) is 60.0 Å². The van der Waals surface area contributed by atoms with E-state index < -0.39 is 84.6 Å². The number of benzene rings is 4. The van der Waals surface area contributed by atoms with Crippen molar-refractivity contribution >= 4 is 24.1 Å². The van der Waals surface area contributed by atoms with Crippen LogP contribution in [-0.2, 0) is 55.8 Å². The number of carbonyl (C=O) groups excluding carboxylic acids is 1. The Kier molecular flexibility index (Phi) is 25.4. The minimum Gasteiger partial charge on any atom is -0.497 e. The number of cyclic esters (lactones) is 1. The van der Waals surface area contributed by atoms with E-state index in [2.05, 4.69) is 0 Å². The Bertz CT molecular complexity index is 2880. The molecule has 0 radical (unpaired) electrons. The summed E-state index contributed by atoms with van der Waals surface area (Å²) >= 11 is 0. The van der Waals surface area contributed by atoms with Crippen molar-refractivity contribution in [3.05, 3.63) is 143 Å². The van der Waals surface area contributed by atoms with E-state index in [1.807, 2.05) is 68.5 Å². The monoisotopic (exact) mass is 1190 g/mol. The van der Waals surface area contributed by atoms with Crippen molar-refractivity contribution in [2.24, 2.45) is 0 Å². The van der Waals surface area contributed by atoms with Crippen LogP contribution in [0.4, 0.5) is 0 Å². The van der Waals surface area contributed by atoms with E-state index in [-0.39, 0.29) is 49.4 Å². The van der Waals surface area contributed by atoms with Gasteiger partial charge in [-0.1, -0.05) is 72.9 Å². The summed E-state index contributed by atoms with van der Waals surface area (Å²) in [6, 6.07) is 21.3. The van der Waals surface area contributed by atoms with Crippen LogP contribution in [0.5, 0.6) is 34.5 Å². The topological polar surface area (TPSA) is 254 Å². The summed E-state index contributed by atoms with van der Waals surface area (Å²) in [5, 5.41) is 42.3. The van der Waals surface area contributed by atoms with E-state index in [9.17, 15) is 30.0 Å². The molecule has 0 aliphatic carbocycles. The highest BCUT2D eigenvalue weighted by Crippen LogP contribution is 2.37. The first kappa shape index (κ1) is 67.3. The highest BCUT2D eigenvalue weighted by atomic mass is 16.8. The van der Waals surface area contributed by atoms with Crippen LogP contribution in [0.2, 0.25) is 0 Å². The third-order valence-electron chi connectivity index (χ3n) is 13.6. The largest absolute Gasteiger partial charge is 0.497 e. The first-order chi connectivity index (χ1) is 40.6. The molecule has 3 heterocycles. The van der Waals surface area contributed by atoms with Gasteiger partial charge < -0.3 is 91.5 Å². The Morgan fingerprint density at radius 3 is 1.92 bits per heavy atom. The zero-order valence-corrected chi connectivity index (χ0v) is 50.3. The minimum atomic E-state index is -1.17. The highest BCUT2D eigenvalue weighted by molar-refractivity contribution is 5.97. The predicted molar refractivity (Wildman–Crippen MR) is 313 cm³/mol. The molecule has 4 aromatic rings. The molecule has 2 fully saturated rings. The van der Waals surface area contributed by atoms with Crippen molar-refractivity contribution in [2.45, 2.75) is 140 Å². The molecule has 3 aliphatic heterocycles. The van der Waals surface area contributed by atoms with Gasteiger partial charge in [-0.3, -0.25) is 0 Å². The number of aromatic carboxylic acids is 1. The van der Waals surface area contributed by atoms with Crippen molar-refractivity contribution < 1.29 is 101 Å². The number of hydrogen-bond donors (Lipinski definition) is 4. The molecule has 0 spiro atoms. The molecule has 2 saturated heterocycles. The average Bonchev–Trinajstić information content (AvgIpc) is 4.15. The number of carbonyl (C=O) groups is 2. The lowest BCUT2D eigenvalue weighted by Crippen LogP contribution is -2.35. The smallest absolute Gasteiger partial charge is 0.342 e. The Morgan fingerprint density at radius 1 is 0.729 bits per heavy atom. The maximum Gasteiger partial charge on any atom is 0.342 e. The van der Waals surface area contributed by atoms with Crippen molar-refractivity contribution in [1.29, 1.82) is 0 Å². The van der Waals surface area contributed by atoms with Gasteiger partial charge in [0, 0.05) is 26.4 Å². The van der Waals surface area contributed by atoms with E-state index >= 15 is 0 Å². The number of rotatable bonds is 24. The second-order valence-corrected chi connectivity index (χ2v) is 21.0. The normalized spacial score (nSPS) is 23.3. The molecule has 0 bridgehead atoms. The molecular formula is C64H82O21. The van der Waals surface area contributed by atoms with Crippen LogP contribution in [0.25, 0.3) is 12.2 Å². The van der Waals surface area contributed by atoms with Crippen molar-refractivity contribution in [1.82, 2.24) is 0 Å². The summed E-state index contributed by atoms with van der Waals surface area (Å²) in [4.78, 5) is 25.8. The van der Waals surface area contributed by atoms with Gasteiger partial charge in [-0.15, -0.1) is 0 Å². The SMILES string of the molecule is COCOc1cc(OC)cc(/C=C/C[C@@H]2OC(C)(C)O[C@@H]2C(O)/C=C\[C@@H](OCc2ccc(OC)cc2)[C@H](C)O)c1C(=O)O.COCOc1cc(OC)cc2c1C(=O)O[C@@H](C)[C@H](OCc1ccc(OC)cc1)/C=C\C(O)[C@H]1OC(C)(C)O[C@H]1CC=C2. The number of ether oxygens (including phenoxy) is 15. The number of carboxylic acid groups (broad SMARTS) is 1. The van der Waals surface area contributed by atoms with Crippen LogP contribution in [0.1, 0.15) is 97.4 Å². The molecule has 4 aromatic carbocycles. The zero-order valence-electron chi connectivity index (χ0n) is 50.3. The first-order valence-corrected chi connectivity index (χ1v) is 27.7. The van der Waals surface area contributed by atoms with E-state index in [0.29, 0.717) is 35.5 Å². The van der Waals surface area contributed by atoms with Gasteiger partial charge in [0.25, 0.3) is 0 Å². The standard InChI is InChI=1S/C32H42O11.C32H40O10/c1-20(33)26(40-18-21-10-12-23(38-5)13-11-21)15-14-25(34)30-27(42-32(2,3)43-30)9-7-8-22-16-24(39-6)17-28(41-19-37-4)29(22)31(35)36;1-20-26(38-18-21-10-12-23(36-5)13-11-21)15-14-25(33)30-27(41-32(2,3)42-30)9-7-8-22-16-24(37-6)17-28(39-19-35-4)29(22)31(34)40-20/h7-8,10-17,20,25-27,30,33-34H,9,18-19H2,1-6H3,(H,35,36);7-8,10-17,20,25-27,30,33H,9,18-19H2,1-6H3/b8-7+,15-14-;8-7?,15-14-/t2*20-,25?,26+,27-,30+/m00/s1. The maximum atomic E-state index is 13.7. The number of esters is 1. The van der Waals surface area contributed by atoms with Gasteiger partial charge in [0.2, 0.25) is 0 Å². The number of fused-ring (bicyclic) bond motifs is 2. The second kappa shape index (κ2) is 32.0. The van der Waals surface area contributed by atoms with Gasteiger partial charge in [0.1, 0.15) is 88.4 Å². The third-order valence-corrected chi connectivity index (χ3v) is 13.6. The number of carboxylic acids is 1. The average molecular weight is 1190 g/mol. The summed E-state index contributed by atoms with van der Waals surface area (Å²) in [6.07, 6.45) is 6.76. The highest BCUT2D eigenvalue weighted by Gasteiger charge is 2.45. The molecule has 7 rings (SSSR count). The summed E-state index contributed by atoms with van der Waals surface area (Å²) in [5.41, 5.74) is 2.86. The lowest BCUT2D eigenvalue weighted by atomic mass is 10.0. The summed E-state index contributed by atoms with van der Waals surface area (Å²) in [6.45, 7) is 10.7. The van der Waals surface area contributed by atoms with E-state index in [1.165, 1.54) is 40.6 Å². The number of hydrogen-bond acceptors (Lipinski definition) is 20. The number of aliphatic hydroxyl groups is 3. The van der Waals surface area contributed by atoms with Crippen molar-refractivity contribution in [2.75, 3.05) is 56.2 Å². The lowest BCUT2D eigenvalue weighted by molar-refractivity contribution is -0.152. The Hall–Kier alpha value is -6.86.